The van der Waals surface area contributed by atoms with Crippen molar-refractivity contribution in [1.29, 1.82) is 5.41 Å². The van der Waals surface area contributed by atoms with Crippen LogP contribution in [0.3, 0.4) is 0 Å². The smallest absolute Gasteiger partial charge is 0.229 e. The molecule has 1 aromatic carbocycles. The Morgan fingerprint density at radius 2 is 2.00 bits per heavy atom. The molecule has 178 valence electrons. The summed E-state index contributed by atoms with van der Waals surface area (Å²) in [5.41, 5.74) is 3.29. The highest BCUT2D eigenvalue weighted by atomic mass is 16.2. The fourth-order valence-corrected chi connectivity index (χ4v) is 4.66. The maximum absolute atomic E-state index is 12.2. The minimum Gasteiger partial charge on any atom is -0.393 e. The summed E-state index contributed by atoms with van der Waals surface area (Å²) < 4.78 is 0. The number of carbonyl (C=O) groups excluding carboxylic acids is 2. The molecule has 2 aromatic rings. The van der Waals surface area contributed by atoms with Gasteiger partial charge in [0.25, 0.3) is 0 Å². The van der Waals surface area contributed by atoms with Crippen molar-refractivity contribution >= 4 is 41.6 Å². The largest absolute Gasteiger partial charge is 0.393 e. The molecule has 2 heterocycles. The van der Waals surface area contributed by atoms with Crippen LogP contribution in [-0.2, 0) is 16.0 Å². The Bertz CT molecular complexity index is 1060. The zero-order chi connectivity index (χ0) is 23.9. The van der Waals surface area contributed by atoms with Crippen molar-refractivity contribution in [2.75, 3.05) is 23.8 Å². The normalized spacial score (nSPS) is 18.4. The van der Waals surface area contributed by atoms with Gasteiger partial charge in [-0.2, -0.15) is 4.98 Å². The lowest BCUT2D eigenvalue weighted by molar-refractivity contribution is -0.122. The van der Waals surface area contributed by atoms with Gasteiger partial charge in [-0.15, -0.1) is 0 Å². The topological polar surface area (TPSA) is 123 Å². The van der Waals surface area contributed by atoms with Crippen molar-refractivity contribution in [3.63, 3.8) is 0 Å². The number of amides is 2. The molecule has 1 saturated carbocycles. The molecule has 4 N–H and O–H groups in total. The summed E-state index contributed by atoms with van der Waals surface area (Å²) in [4.78, 5) is 35.3. The number of aromatic nitrogens is 2. The van der Waals surface area contributed by atoms with E-state index < -0.39 is 0 Å². The second-order valence-corrected chi connectivity index (χ2v) is 8.71. The minimum atomic E-state index is -0.125. The van der Waals surface area contributed by atoms with Crippen LogP contribution in [0.5, 0.6) is 0 Å². The first-order chi connectivity index (χ1) is 16.6. The molecule has 0 bridgehead atoms. The van der Waals surface area contributed by atoms with E-state index in [2.05, 4.69) is 20.9 Å². The number of rotatable bonds is 10. The molecule has 9 heteroatoms. The quantitative estimate of drug-likeness (QED) is 0.319. The molecule has 4 rings (SSSR count). The SMILES string of the molecule is CN/C=C(\C=N)c1ccc(Nc2ncc(CC3CCNC3=O)c(N(C=O)C3CCCC3)n2)cc1. The van der Waals surface area contributed by atoms with Gasteiger partial charge in [0.05, 0.1) is 0 Å². The van der Waals surface area contributed by atoms with Crippen molar-refractivity contribution in [2.24, 2.45) is 5.92 Å². The van der Waals surface area contributed by atoms with Gasteiger partial charge in [0.1, 0.15) is 5.82 Å². The second kappa shape index (κ2) is 10.9. The van der Waals surface area contributed by atoms with Crippen molar-refractivity contribution in [3.05, 3.63) is 47.8 Å². The maximum Gasteiger partial charge on any atom is 0.229 e. The van der Waals surface area contributed by atoms with Gasteiger partial charge >= 0.3 is 0 Å². The number of carbonyl (C=O) groups is 2. The van der Waals surface area contributed by atoms with Gasteiger partial charge in [-0.1, -0.05) is 25.0 Å². The molecule has 9 nitrogen and oxygen atoms in total. The summed E-state index contributed by atoms with van der Waals surface area (Å²) in [6, 6.07) is 7.75. The van der Waals surface area contributed by atoms with Crippen molar-refractivity contribution in [3.8, 4) is 0 Å². The van der Waals surface area contributed by atoms with Gasteiger partial charge in [0.2, 0.25) is 18.3 Å². The number of hydrogen-bond acceptors (Lipinski definition) is 7. The predicted molar refractivity (Wildman–Crippen MR) is 133 cm³/mol. The van der Waals surface area contributed by atoms with Gasteiger partial charge < -0.3 is 21.4 Å². The average molecular weight is 462 g/mol. The summed E-state index contributed by atoms with van der Waals surface area (Å²) in [5.74, 6) is 0.895. The molecule has 1 saturated heterocycles. The Morgan fingerprint density at radius 3 is 2.62 bits per heavy atom. The molecule has 1 aliphatic carbocycles. The lowest BCUT2D eigenvalue weighted by Gasteiger charge is -2.26. The number of benzene rings is 1. The summed E-state index contributed by atoms with van der Waals surface area (Å²) in [6.45, 7) is 0.679. The first kappa shape index (κ1) is 23.4. The molecule has 1 aliphatic heterocycles. The van der Waals surface area contributed by atoms with Gasteiger partial charge in [-0.3, -0.25) is 14.5 Å². The van der Waals surface area contributed by atoms with E-state index >= 15 is 0 Å². The van der Waals surface area contributed by atoms with Gasteiger partial charge in [0.15, 0.2) is 0 Å². The number of anilines is 3. The van der Waals surface area contributed by atoms with Gasteiger partial charge in [-0.05, 0) is 43.4 Å². The molecule has 2 fully saturated rings. The van der Waals surface area contributed by atoms with E-state index in [0.29, 0.717) is 24.7 Å². The molecule has 2 amide bonds. The number of allylic oxidation sites excluding steroid dienone is 1. The molecule has 1 unspecified atom stereocenters. The first-order valence-corrected chi connectivity index (χ1v) is 11.8. The van der Waals surface area contributed by atoms with Crippen molar-refractivity contribution < 1.29 is 9.59 Å². The molecule has 34 heavy (non-hydrogen) atoms. The number of hydrogen-bond donors (Lipinski definition) is 4. The second-order valence-electron chi connectivity index (χ2n) is 8.71. The molecule has 1 aromatic heterocycles. The van der Waals surface area contributed by atoms with Crippen LogP contribution in [0.25, 0.3) is 5.57 Å². The fourth-order valence-electron chi connectivity index (χ4n) is 4.66. The van der Waals surface area contributed by atoms with Crippen molar-refractivity contribution in [1.82, 2.24) is 20.6 Å². The van der Waals surface area contributed by atoms with E-state index in [1.165, 1.54) is 6.21 Å². The Hall–Kier alpha value is -3.75. The van der Waals surface area contributed by atoms with Crippen LogP contribution in [-0.4, -0.2) is 48.1 Å². The highest BCUT2D eigenvalue weighted by Gasteiger charge is 2.30. The monoisotopic (exact) mass is 461 g/mol. The molecule has 0 spiro atoms. The lowest BCUT2D eigenvalue weighted by Crippen LogP contribution is -2.34. The van der Waals surface area contributed by atoms with E-state index in [9.17, 15) is 9.59 Å². The summed E-state index contributed by atoms with van der Waals surface area (Å²) in [6.07, 6.45) is 11.0. The third-order valence-corrected chi connectivity index (χ3v) is 6.48. The molecule has 1 atom stereocenters. The van der Waals surface area contributed by atoms with E-state index in [0.717, 1.165) is 60.9 Å². The Kier molecular flexibility index (Phi) is 7.51. The van der Waals surface area contributed by atoms with Crippen LogP contribution in [0.15, 0.2) is 36.7 Å². The third kappa shape index (κ3) is 5.24. The summed E-state index contributed by atoms with van der Waals surface area (Å²) >= 11 is 0. The van der Waals surface area contributed by atoms with Crippen LogP contribution in [0, 0.1) is 11.3 Å². The minimum absolute atomic E-state index is 0.0448. The van der Waals surface area contributed by atoms with Crippen LogP contribution in [0.4, 0.5) is 17.5 Å². The highest BCUT2D eigenvalue weighted by molar-refractivity contribution is 6.08. The Morgan fingerprint density at radius 1 is 1.24 bits per heavy atom. The first-order valence-electron chi connectivity index (χ1n) is 11.8. The molecular formula is C25H31N7O2. The van der Waals surface area contributed by atoms with Crippen LogP contribution >= 0.6 is 0 Å². The Labute approximate surface area is 199 Å². The zero-order valence-electron chi connectivity index (χ0n) is 19.4. The lowest BCUT2D eigenvalue weighted by atomic mass is 9.99. The molecular weight excluding hydrogens is 430 g/mol. The summed E-state index contributed by atoms with van der Waals surface area (Å²) in [5, 5.41) is 16.6. The van der Waals surface area contributed by atoms with Gasteiger partial charge in [0, 0.05) is 61.0 Å². The third-order valence-electron chi connectivity index (χ3n) is 6.48. The Balaban J connectivity index is 1.60. The molecule has 0 radical (unpaired) electrons. The van der Waals surface area contributed by atoms with Crippen LogP contribution in [0.1, 0.15) is 43.2 Å². The van der Waals surface area contributed by atoms with Crippen molar-refractivity contribution in [2.45, 2.75) is 44.6 Å². The van der Waals surface area contributed by atoms with E-state index in [1.54, 1.807) is 24.3 Å². The van der Waals surface area contributed by atoms with E-state index in [1.807, 2.05) is 24.3 Å². The standard InChI is InChI=1S/C25H31N7O2/c1-27-14-20(13-26)17-6-8-21(9-7-17)30-25-29-15-19(12-18-10-11-28-24(18)34)23(31-25)32(16-33)22-4-2-3-5-22/h6-9,13-16,18,22,26-27H,2-5,10-12H2,1H3,(H,28,34)(H,29,30,31)/b20-14+,26-13?. The predicted octanol–water partition coefficient (Wildman–Crippen LogP) is 3.01. The maximum atomic E-state index is 12.2. The van der Waals surface area contributed by atoms with Crippen LogP contribution in [0.2, 0.25) is 0 Å². The van der Waals surface area contributed by atoms with Gasteiger partial charge in [-0.25, -0.2) is 4.98 Å². The average Bonchev–Trinajstić information content (AvgIpc) is 3.52. The highest BCUT2D eigenvalue weighted by Crippen LogP contribution is 2.31. The molecule has 2 aliphatic rings. The van der Waals surface area contributed by atoms with Crippen LogP contribution < -0.4 is 20.9 Å². The van der Waals surface area contributed by atoms with E-state index in [4.69, 9.17) is 10.4 Å². The van der Waals surface area contributed by atoms with E-state index in [-0.39, 0.29) is 17.9 Å². The number of nitrogens with one attached hydrogen (secondary N) is 4. The number of nitrogens with zero attached hydrogens (tertiary/aromatic N) is 3. The fraction of sp³-hybridized carbons (Fsp3) is 0.400. The zero-order valence-corrected chi connectivity index (χ0v) is 19.4. The summed E-state index contributed by atoms with van der Waals surface area (Å²) in [7, 11) is 1.80.